The largest absolute Gasteiger partial charge is 0.478 e. The highest BCUT2D eigenvalue weighted by Crippen LogP contribution is 2.22. The lowest BCUT2D eigenvalue weighted by molar-refractivity contribution is 0.0698. The predicted molar refractivity (Wildman–Crippen MR) is 105 cm³/mol. The standard InChI is InChI=1S/C19H15N5O4S/c1-12-11-16(13-7-3-2-4-8-13)24-18(20-12)21-19(22-24)29(27,28)23-15-10-6-5-9-14(15)17(25)26/h2-11,23H,1H3,(H,25,26). The first kappa shape index (κ1) is 18.6. The fourth-order valence-corrected chi connectivity index (χ4v) is 3.80. The van der Waals surface area contributed by atoms with Gasteiger partial charge in [0.2, 0.25) is 0 Å². The Hall–Kier alpha value is -3.79. The molecule has 0 unspecified atom stereocenters. The number of benzene rings is 2. The van der Waals surface area contributed by atoms with Crippen LogP contribution in [0.1, 0.15) is 16.1 Å². The van der Waals surface area contributed by atoms with Crippen LogP contribution < -0.4 is 4.72 Å². The predicted octanol–water partition coefficient (Wildman–Crippen LogP) is 2.60. The van der Waals surface area contributed by atoms with Gasteiger partial charge in [-0.2, -0.15) is 17.9 Å². The maximum atomic E-state index is 12.8. The molecule has 4 rings (SSSR count). The Labute approximate surface area is 165 Å². The molecule has 2 aromatic heterocycles. The van der Waals surface area contributed by atoms with Crippen molar-refractivity contribution in [3.05, 3.63) is 71.9 Å². The quantitative estimate of drug-likeness (QED) is 0.519. The van der Waals surface area contributed by atoms with Crippen molar-refractivity contribution in [2.45, 2.75) is 12.1 Å². The number of rotatable bonds is 5. The number of nitrogens with zero attached hydrogens (tertiary/aromatic N) is 4. The zero-order valence-electron chi connectivity index (χ0n) is 15.1. The van der Waals surface area contributed by atoms with Crippen LogP contribution >= 0.6 is 0 Å². The third-order valence-corrected chi connectivity index (χ3v) is 5.27. The van der Waals surface area contributed by atoms with Gasteiger partial charge in [0.15, 0.2) is 0 Å². The first-order valence-electron chi connectivity index (χ1n) is 8.50. The van der Waals surface area contributed by atoms with Crippen LogP contribution in [0, 0.1) is 6.92 Å². The molecule has 146 valence electrons. The normalized spacial score (nSPS) is 11.5. The molecule has 0 aliphatic heterocycles. The van der Waals surface area contributed by atoms with E-state index in [-0.39, 0.29) is 17.0 Å². The molecule has 0 aliphatic carbocycles. The Kier molecular flexibility index (Phi) is 4.47. The van der Waals surface area contributed by atoms with Crippen molar-refractivity contribution in [3.63, 3.8) is 0 Å². The van der Waals surface area contributed by atoms with Gasteiger partial charge < -0.3 is 5.11 Å². The molecule has 0 atom stereocenters. The van der Waals surface area contributed by atoms with E-state index in [1.54, 1.807) is 13.0 Å². The van der Waals surface area contributed by atoms with Crippen molar-refractivity contribution in [1.82, 2.24) is 19.6 Å². The van der Waals surface area contributed by atoms with E-state index in [1.807, 2.05) is 30.3 Å². The average molecular weight is 409 g/mol. The van der Waals surface area contributed by atoms with E-state index in [4.69, 9.17) is 0 Å². The number of carbonyl (C=O) groups is 1. The van der Waals surface area contributed by atoms with Crippen LogP contribution in [0.25, 0.3) is 17.0 Å². The number of carboxylic acid groups (broad SMARTS) is 1. The van der Waals surface area contributed by atoms with Gasteiger partial charge in [-0.1, -0.05) is 42.5 Å². The van der Waals surface area contributed by atoms with Gasteiger partial charge in [0.25, 0.3) is 21.0 Å². The summed E-state index contributed by atoms with van der Waals surface area (Å²) in [4.78, 5) is 19.6. The van der Waals surface area contributed by atoms with Gasteiger partial charge in [0, 0.05) is 11.3 Å². The first-order valence-corrected chi connectivity index (χ1v) is 9.98. The molecule has 0 radical (unpaired) electrons. The second kappa shape index (κ2) is 6.99. The molecular formula is C19H15N5O4S. The monoisotopic (exact) mass is 409 g/mol. The zero-order valence-corrected chi connectivity index (χ0v) is 16.0. The van der Waals surface area contributed by atoms with Crippen LogP contribution in [-0.2, 0) is 10.0 Å². The molecule has 0 aliphatic rings. The Morgan fingerprint density at radius 3 is 2.45 bits per heavy atom. The molecule has 0 saturated carbocycles. The fourth-order valence-electron chi connectivity index (χ4n) is 2.85. The van der Waals surface area contributed by atoms with Crippen molar-refractivity contribution in [2.75, 3.05) is 4.72 Å². The third kappa shape index (κ3) is 3.52. The average Bonchev–Trinajstić information content (AvgIpc) is 3.13. The molecule has 0 spiro atoms. The van der Waals surface area contributed by atoms with Crippen molar-refractivity contribution in [3.8, 4) is 11.3 Å². The summed E-state index contributed by atoms with van der Waals surface area (Å²) in [6, 6.07) is 16.8. The number of carboxylic acids is 1. The maximum absolute atomic E-state index is 12.8. The minimum atomic E-state index is -4.24. The first-order chi connectivity index (χ1) is 13.8. The topological polar surface area (TPSA) is 127 Å². The number of aryl methyl sites for hydroxylation is 1. The molecule has 2 aromatic carbocycles. The summed E-state index contributed by atoms with van der Waals surface area (Å²) in [6.07, 6.45) is 0. The molecule has 4 aromatic rings. The van der Waals surface area contributed by atoms with E-state index < -0.39 is 21.1 Å². The van der Waals surface area contributed by atoms with Gasteiger partial charge >= 0.3 is 5.97 Å². The molecule has 10 heteroatoms. The zero-order chi connectivity index (χ0) is 20.6. The lowest BCUT2D eigenvalue weighted by Gasteiger charge is -2.07. The molecule has 0 bridgehead atoms. The van der Waals surface area contributed by atoms with Gasteiger partial charge in [-0.15, -0.1) is 5.10 Å². The van der Waals surface area contributed by atoms with Crippen LogP contribution in [-0.4, -0.2) is 39.1 Å². The van der Waals surface area contributed by atoms with Gasteiger partial charge in [0.1, 0.15) is 0 Å². The second-order valence-electron chi connectivity index (χ2n) is 6.21. The van der Waals surface area contributed by atoms with Gasteiger partial charge in [-0.3, -0.25) is 4.72 Å². The van der Waals surface area contributed by atoms with E-state index in [0.717, 1.165) is 5.56 Å². The highest BCUT2D eigenvalue weighted by molar-refractivity contribution is 7.92. The molecular weight excluding hydrogens is 394 g/mol. The Balaban J connectivity index is 1.82. The molecule has 0 fully saturated rings. The van der Waals surface area contributed by atoms with Crippen LogP contribution in [0.4, 0.5) is 5.69 Å². The summed E-state index contributed by atoms with van der Waals surface area (Å²) < 4.78 is 29.2. The number of anilines is 1. The highest BCUT2D eigenvalue weighted by Gasteiger charge is 2.24. The number of hydrogen-bond donors (Lipinski definition) is 2. The number of hydrogen-bond acceptors (Lipinski definition) is 6. The van der Waals surface area contributed by atoms with E-state index in [0.29, 0.717) is 11.4 Å². The van der Waals surface area contributed by atoms with Crippen LogP contribution in [0.15, 0.2) is 65.8 Å². The molecule has 2 N–H and O–H groups in total. The van der Waals surface area contributed by atoms with Gasteiger partial charge in [0.05, 0.1) is 16.9 Å². The number of aromatic nitrogens is 4. The molecule has 2 heterocycles. The van der Waals surface area contributed by atoms with E-state index in [1.165, 1.54) is 28.8 Å². The third-order valence-electron chi connectivity index (χ3n) is 4.13. The van der Waals surface area contributed by atoms with Crippen LogP contribution in [0.2, 0.25) is 0 Å². The molecule has 0 saturated heterocycles. The molecule has 0 amide bonds. The Morgan fingerprint density at radius 1 is 1.03 bits per heavy atom. The van der Waals surface area contributed by atoms with E-state index in [9.17, 15) is 18.3 Å². The number of sulfonamides is 1. The fraction of sp³-hybridized carbons (Fsp3) is 0.0526. The summed E-state index contributed by atoms with van der Waals surface area (Å²) in [6.45, 7) is 1.77. The second-order valence-corrected chi connectivity index (χ2v) is 7.79. The Bertz CT molecular complexity index is 1330. The lowest BCUT2D eigenvalue weighted by atomic mass is 10.1. The summed E-state index contributed by atoms with van der Waals surface area (Å²) in [5, 5.41) is 12.9. The summed E-state index contributed by atoms with van der Waals surface area (Å²) in [5.41, 5.74) is 1.84. The van der Waals surface area contributed by atoms with Crippen LogP contribution in [0.3, 0.4) is 0 Å². The summed E-state index contributed by atoms with van der Waals surface area (Å²) in [5.74, 6) is -1.13. The van der Waals surface area contributed by atoms with E-state index in [2.05, 4.69) is 19.8 Å². The smallest absolute Gasteiger partial charge is 0.337 e. The lowest BCUT2D eigenvalue weighted by Crippen LogP contribution is -2.17. The van der Waals surface area contributed by atoms with Gasteiger partial charge in [-0.05, 0) is 25.1 Å². The van der Waals surface area contributed by atoms with Crippen molar-refractivity contribution in [2.24, 2.45) is 0 Å². The Morgan fingerprint density at radius 2 is 1.72 bits per heavy atom. The minimum Gasteiger partial charge on any atom is -0.478 e. The van der Waals surface area contributed by atoms with Crippen molar-refractivity contribution < 1.29 is 18.3 Å². The number of aromatic carboxylic acids is 1. The van der Waals surface area contributed by atoms with Gasteiger partial charge in [-0.25, -0.2) is 9.78 Å². The molecule has 9 nitrogen and oxygen atoms in total. The van der Waals surface area contributed by atoms with E-state index >= 15 is 0 Å². The number of para-hydroxylation sites is 1. The molecule has 29 heavy (non-hydrogen) atoms. The van der Waals surface area contributed by atoms with Crippen molar-refractivity contribution >= 4 is 27.5 Å². The summed E-state index contributed by atoms with van der Waals surface area (Å²) >= 11 is 0. The SMILES string of the molecule is Cc1cc(-c2ccccc2)n2nc(S(=O)(=O)Nc3ccccc3C(=O)O)nc2n1. The maximum Gasteiger partial charge on any atom is 0.337 e. The number of fused-ring (bicyclic) bond motifs is 1. The highest BCUT2D eigenvalue weighted by atomic mass is 32.2. The van der Waals surface area contributed by atoms with Crippen LogP contribution in [0.5, 0.6) is 0 Å². The number of nitrogens with one attached hydrogen (secondary N) is 1. The van der Waals surface area contributed by atoms with Crippen molar-refractivity contribution in [1.29, 1.82) is 0 Å². The minimum absolute atomic E-state index is 0.0775. The summed E-state index contributed by atoms with van der Waals surface area (Å²) in [7, 11) is -4.24.